The van der Waals surface area contributed by atoms with E-state index < -0.39 is 34.0 Å². The van der Waals surface area contributed by atoms with Gasteiger partial charge in [0.05, 0.1) is 16.1 Å². The van der Waals surface area contributed by atoms with Crippen LogP contribution >= 0.6 is 11.6 Å². The highest BCUT2D eigenvalue weighted by molar-refractivity contribution is 6.34. The van der Waals surface area contributed by atoms with Gasteiger partial charge in [-0.3, -0.25) is 0 Å². The van der Waals surface area contributed by atoms with E-state index in [2.05, 4.69) is 5.16 Å². The number of amidine groups is 1. The third-order valence-electron chi connectivity index (χ3n) is 1.76. The Labute approximate surface area is 92.1 Å². The van der Waals surface area contributed by atoms with E-state index in [9.17, 15) is 17.6 Å². The smallest absolute Gasteiger partial charge is 0.409 e. The van der Waals surface area contributed by atoms with Crippen molar-refractivity contribution in [2.24, 2.45) is 10.9 Å². The lowest BCUT2D eigenvalue weighted by atomic mass is 10.1. The van der Waals surface area contributed by atoms with E-state index in [-0.39, 0.29) is 0 Å². The van der Waals surface area contributed by atoms with Crippen LogP contribution in [0.4, 0.5) is 17.6 Å². The normalized spacial score (nSPS) is 12.9. The van der Waals surface area contributed by atoms with Gasteiger partial charge in [-0.15, -0.1) is 0 Å². The van der Waals surface area contributed by atoms with E-state index in [1.54, 1.807) is 0 Å². The average Bonchev–Trinajstić information content (AvgIpc) is 2.19. The molecule has 0 radical (unpaired) electrons. The van der Waals surface area contributed by atoms with E-state index in [0.29, 0.717) is 12.1 Å². The monoisotopic (exact) mass is 256 g/mol. The van der Waals surface area contributed by atoms with Gasteiger partial charge >= 0.3 is 6.18 Å². The van der Waals surface area contributed by atoms with Gasteiger partial charge in [0.15, 0.2) is 5.84 Å². The number of nitrogens with zero attached hydrogens (tertiary/aromatic N) is 1. The van der Waals surface area contributed by atoms with Crippen molar-refractivity contribution in [3.63, 3.8) is 0 Å². The number of oxime groups is 1. The Morgan fingerprint density at radius 2 is 1.94 bits per heavy atom. The van der Waals surface area contributed by atoms with Crippen molar-refractivity contribution in [1.29, 1.82) is 0 Å². The maximum atomic E-state index is 13.0. The lowest BCUT2D eigenvalue weighted by Crippen LogP contribution is -2.21. The maximum Gasteiger partial charge on any atom is 0.417 e. The van der Waals surface area contributed by atoms with Gasteiger partial charge in [0.2, 0.25) is 0 Å². The number of rotatable bonds is 1. The summed E-state index contributed by atoms with van der Waals surface area (Å²) in [7, 11) is 0. The number of nitrogens with two attached hydrogens (primary N) is 1. The molecule has 0 fully saturated rings. The van der Waals surface area contributed by atoms with Gasteiger partial charge in [-0.25, -0.2) is 4.39 Å². The molecule has 0 aliphatic carbocycles. The lowest BCUT2D eigenvalue weighted by molar-refractivity contribution is -0.137. The molecule has 0 aromatic heterocycles. The van der Waals surface area contributed by atoms with E-state index in [0.717, 1.165) is 0 Å². The Bertz CT molecular complexity index is 444. The third kappa shape index (κ3) is 2.19. The molecule has 0 saturated carbocycles. The summed E-state index contributed by atoms with van der Waals surface area (Å²) < 4.78 is 50.4. The molecule has 1 aromatic rings. The molecule has 8 heteroatoms. The first-order valence-electron chi connectivity index (χ1n) is 3.82. The molecule has 0 aliphatic rings. The molecule has 1 aromatic carbocycles. The molecule has 3 N–H and O–H groups in total. The van der Waals surface area contributed by atoms with E-state index in [1.165, 1.54) is 0 Å². The third-order valence-corrected chi connectivity index (χ3v) is 2.13. The van der Waals surface area contributed by atoms with Gasteiger partial charge in [0.1, 0.15) is 5.82 Å². The molecule has 1 rings (SSSR count). The Morgan fingerprint density at radius 1 is 1.38 bits per heavy atom. The number of benzene rings is 1. The van der Waals surface area contributed by atoms with Crippen molar-refractivity contribution in [3.8, 4) is 0 Å². The molecule has 16 heavy (non-hydrogen) atoms. The predicted octanol–water partition coefficient (Wildman–Crippen LogP) is 2.59. The van der Waals surface area contributed by atoms with Crippen LogP contribution in [0.5, 0.6) is 0 Å². The quantitative estimate of drug-likeness (QED) is 0.267. The van der Waals surface area contributed by atoms with Crippen molar-refractivity contribution in [1.82, 2.24) is 0 Å². The van der Waals surface area contributed by atoms with Crippen molar-refractivity contribution in [2.75, 3.05) is 0 Å². The first-order chi connectivity index (χ1) is 7.29. The lowest BCUT2D eigenvalue weighted by Gasteiger charge is -2.13. The Morgan fingerprint density at radius 3 is 2.38 bits per heavy atom. The molecule has 0 atom stereocenters. The summed E-state index contributed by atoms with van der Waals surface area (Å²) in [5.41, 5.74) is 2.86. The zero-order valence-electron chi connectivity index (χ0n) is 7.52. The number of alkyl halides is 3. The number of hydrogen-bond acceptors (Lipinski definition) is 2. The van der Waals surface area contributed by atoms with Crippen LogP contribution < -0.4 is 5.73 Å². The minimum atomic E-state index is -4.78. The average molecular weight is 257 g/mol. The second-order valence-corrected chi connectivity index (χ2v) is 3.14. The molecular formula is C8H5ClF4N2O. The van der Waals surface area contributed by atoms with Crippen LogP contribution in [-0.2, 0) is 6.18 Å². The molecule has 0 spiro atoms. The largest absolute Gasteiger partial charge is 0.417 e. The summed E-state index contributed by atoms with van der Waals surface area (Å²) in [6, 6.07) is 1.02. The highest BCUT2D eigenvalue weighted by Crippen LogP contribution is 2.35. The van der Waals surface area contributed by atoms with Crippen LogP contribution in [0, 0.1) is 5.82 Å². The Hall–Kier alpha value is -1.50. The summed E-state index contributed by atoms with van der Waals surface area (Å²) in [5.74, 6) is -1.99. The highest BCUT2D eigenvalue weighted by atomic mass is 35.5. The molecule has 88 valence electrons. The topological polar surface area (TPSA) is 58.6 Å². The van der Waals surface area contributed by atoms with Crippen LogP contribution in [0.2, 0.25) is 5.02 Å². The first-order valence-corrected chi connectivity index (χ1v) is 4.20. The molecule has 0 heterocycles. The minimum Gasteiger partial charge on any atom is -0.409 e. The standard InChI is InChI=1S/C8H5ClF4N2O/c9-6-4(10)2-1-3(8(11,12)13)5(6)7(14)15-16/h1-2,16H,(H2,14,15). The second kappa shape index (κ2) is 4.17. The minimum absolute atomic E-state index is 0.467. The summed E-state index contributed by atoms with van der Waals surface area (Å²) in [5, 5.41) is 9.84. The van der Waals surface area contributed by atoms with E-state index >= 15 is 0 Å². The molecule has 0 amide bonds. The van der Waals surface area contributed by atoms with E-state index in [1.807, 2.05) is 0 Å². The van der Waals surface area contributed by atoms with Crippen molar-refractivity contribution in [2.45, 2.75) is 6.18 Å². The summed E-state index contributed by atoms with van der Waals surface area (Å²) >= 11 is 5.33. The van der Waals surface area contributed by atoms with Crippen LogP contribution in [-0.4, -0.2) is 11.0 Å². The highest BCUT2D eigenvalue weighted by Gasteiger charge is 2.36. The molecular weight excluding hydrogens is 252 g/mol. The van der Waals surface area contributed by atoms with Gasteiger partial charge in [-0.1, -0.05) is 16.8 Å². The van der Waals surface area contributed by atoms with Crippen LogP contribution in [0.1, 0.15) is 11.1 Å². The van der Waals surface area contributed by atoms with Gasteiger partial charge in [0, 0.05) is 0 Å². The molecule has 0 bridgehead atoms. The Kier molecular flexibility index (Phi) is 3.27. The summed E-state index contributed by atoms with van der Waals surface area (Å²) in [4.78, 5) is 0. The molecule has 0 saturated heterocycles. The van der Waals surface area contributed by atoms with Crippen LogP contribution in [0.3, 0.4) is 0 Å². The van der Waals surface area contributed by atoms with Gasteiger partial charge in [0.25, 0.3) is 0 Å². The predicted molar refractivity (Wildman–Crippen MR) is 48.9 cm³/mol. The zero-order valence-corrected chi connectivity index (χ0v) is 8.27. The fraction of sp³-hybridized carbons (Fsp3) is 0.125. The SMILES string of the molecule is NC(=NO)c1c(C(F)(F)F)ccc(F)c1Cl. The molecule has 0 aliphatic heterocycles. The van der Waals surface area contributed by atoms with Crippen LogP contribution in [0.15, 0.2) is 17.3 Å². The van der Waals surface area contributed by atoms with Crippen molar-refractivity contribution >= 4 is 17.4 Å². The van der Waals surface area contributed by atoms with E-state index in [4.69, 9.17) is 22.5 Å². The second-order valence-electron chi connectivity index (χ2n) is 2.77. The number of halogens is 5. The van der Waals surface area contributed by atoms with Gasteiger partial charge in [-0.05, 0) is 12.1 Å². The first kappa shape index (κ1) is 12.6. The summed E-state index contributed by atoms with van der Waals surface area (Å²) in [6.07, 6.45) is -4.78. The van der Waals surface area contributed by atoms with Crippen LogP contribution in [0.25, 0.3) is 0 Å². The summed E-state index contributed by atoms with van der Waals surface area (Å²) in [6.45, 7) is 0. The Balaban J connectivity index is 3.58. The number of hydrogen-bond donors (Lipinski definition) is 2. The van der Waals surface area contributed by atoms with Crippen molar-refractivity contribution in [3.05, 3.63) is 34.1 Å². The van der Waals surface area contributed by atoms with Crippen molar-refractivity contribution < 1.29 is 22.8 Å². The fourth-order valence-corrected chi connectivity index (χ4v) is 1.35. The molecule has 0 unspecified atom stereocenters. The van der Waals surface area contributed by atoms with Gasteiger partial charge < -0.3 is 10.9 Å². The fourth-order valence-electron chi connectivity index (χ4n) is 1.09. The van der Waals surface area contributed by atoms with Gasteiger partial charge in [-0.2, -0.15) is 13.2 Å². The zero-order chi connectivity index (χ0) is 12.5. The maximum absolute atomic E-state index is 13.0. The molecule has 3 nitrogen and oxygen atoms in total.